The molecule has 2 amide bonds. The van der Waals surface area contributed by atoms with Gasteiger partial charge in [-0.3, -0.25) is 9.59 Å². The third-order valence-corrected chi connectivity index (χ3v) is 4.95. The summed E-state index contributed by atoms with van der Waals surface area (Å²) in [5, 5.41) is 0. The Labute approximate surface area is 121 Å². The van der Waals surface area contributed by atoms with Crippen molar-refractivity contribution in [1.29, 1.82) is 0 Å². The summed E-state index contributed by atoms with van der Waals surface area (Å²) in [7, 11) is -4.19. The molecule has 2 aromatic rings. The molecule has 0 N–H and O–H groups in total. The molecule has 0 aromatic heterocycles. The van der Waals surface area contributed by atoms with Crippen LogP contribution in [-0.4, -0.2) is 24.5 Å². The molecule has 21 heavy (non-hydrogen) atoms. The van der Waals surface area contributed by atoms with E-state index < -0.39 is 21.8 Å². The van der Waals surface area contributed by atoms with Crippen LogP contribution in [0.25, 0.3) is 0 Å². The molecule has 0 saturated carbocycles. The van der Waals surface area contributed by atoms with Crippen LogP contribution >= 0.6 is 0 Å². The number of aryl methyl sites for hydroxylation is 1. The van der Waals surface area contributed by atoms with Crippen molar-refractivity contribution in [2.24, 2.45) is 0 Å². The van der Waals surface area contributed by atoms with E-state index in [1.807, 2.05) is 0 Å². The van der Waals surface area contributed by atoms with Gasteiger partial charge < -0.3 is 0 Å². The van der Waals surface area contributed by atoms with Crippen LogP contribution in [0, 0.1) is 6.92 Å². The van der Waals surface area contributed by atoms with Gasteiger partial charge >= 0.3 is 0 Å². The van der Waals surface area contributed by atoms with Crippen LogP contribution in [0.2, 0.25) is 0 Å². The second kappa shape index (κ2) is 4.53. The number of amides is 2. The Morgan fingerprint density at radius 2 is 1.43 bits per heavy atom. The zero-order valence-electron chi connectivity index (χ0n) is 11.1. The number of carbonyl (C=O) groups excluding carboxylic acids is 2. The SMILES string of the molecule is Cc1cccc(S(=O)(=O)N2C(=O)c3ccccc3C2=O)c1. The van der Waals surface area contributed by atoms with Crippen molar-refractivity contribution in [3.63, 3.8) is 0 Å². The zero-order valence-corrected chi connectivity index (χ0v) is 11.9. The van der Waals surface area contributed by atoms with Gasteiger partial charge in [0.15, 0.2) is 0 Å². The highest BCUT2D eigenvalue weighted by atomic mass is 32.2. The van der Waals surface area contributed by atoms with E-state index in [1.165, 1.54) is 24.3 Å². The van der Waals surface area contributed by atoms with E-state index in [0.29, 0.717) is 4.31 Å². The Kier molecular flexibility index (Phi) is 2.91. The maximum Gasteiger partial charge on any atom is 0.275 e. The lowest BCUT2D eigenvalue weighted by Crippen LogP contribution is -2.36. The summed E-state index contributed by atoms with van der Waals surface area (Å²) in [4.78, 5) is 24.4. The lowest BCUT2D eigenvalue weighted by Gasteiger charge is -2.14. The van der Waals surface area contributed by atoms with Crippen molar-refractivity contribution in [1.82, 2.24) is 4.31 Å². The van der Waals surface area contributed by atoms with E-state index in [2.05, 4.69) is 0 Å². The average Bonchev–Trinajstić information content (AvgIpc) is 2.72. The first-order valence-electron chi connectivity index (χ1n) is 6.22. The van der Waals surface area contributed by atoms with Gasteiger partial charge in [-0.15, -0.1) is 0 Å². The molecule has 6 heteroatoms. The van der Waals surface area contributed by atoms with Crippen LogP contribution in [-0.2, 0) is 10.0 Å². The predicted molar refractivity (Wildman–Crippen MR) is 75.3 cm³/mol. The zero-order chi connectivity index (χ0) is 15.2. The van der Waals surface area contributed by atoms with Crippen LogP contribution in [0.15, 0.2) is 53.4 Å². The first-order valence-corrected chi connectivity index (χ1v) is 7.66. The van der Waals surface area contributed by atoms with Gasteiger partial charge in [0, 0.05) is 0 Å². The smallest absolute Gasteiger partial charge is 0.267 e. The molecule has 1 aliphatic rings. The minimum absolute atomic E-state index is 0.0722. The van der Waals surface area contributed by atoms with E-state index in [9.17, 15) is 18.0 Å². The molecule has 1 aliphatic heterocycles. The van der Waals surface area contributed by atoms with E-state index in [4.69, 9.17) is 0 Å². The Hall–Kier alpha value is -2.47. The summed E-state index contributed by atoms with van der Waals surface area (Å²) >= 11 is 0. The van der Waals surface area contributed by atoms with Gasteiger partial charge in [0.25, 0.3) is 21.8 Å². The highest BCUT2D eigenvalue weighted by molar-refractivity contribution is 7.90. The van der Waals surface area contributed by atoms with Crippen molar-refractivity contribution in [3.05, 3.63) is 65.2 Å². The molecule has 5 nitrogen and oxygen atoms in total. The fourth-order valence-electron chi connectivity index (χ4n) is 2.27. The average molecular weight is 301 g/mol. The molecule has 0 fully saturated rings. The Morgan fingerprint density at radius 3 is 1.95 bits per heavy atom. The van der Waals surface area contributed by atoms with Crippen molar-refractivity contribution >= 4 is 21.8 Å². The minimum Gasteiger partial charge on any atom is -0.267 e. The summed E-state index contributed by atoms with van der Waals surface area (Å²) in [6, 6.07) is 12.2. The molecule has 0 saturated heterocycles. The highest BCUT2D eigenvalue weighted by Crippen LogP contribution is 2.28. The van der Waals surface area contributed by atoms with Crippen LogP contribution in [0.5, 0.6) is 0 Å². The van der Waals surface area contributed by atoms with E-state index >= 15 is 0 Å². The van der Waals surface area contributed by atoms with Crippen LogP contribution < -0.4 is 0 Å². The maximum absolute atomic E-state index is 12.6. The predicted octanol–water partition coefficient (Wildman–Crippen LogP) is 1.98. The topological polar surface area (TPSA) is 71.5 Å². The van der Waals surface area contributed by atoms with Gasteiger partial charge in [-0.1, -0.05) is 24.3 Å². The fourth-order valence-corrected chi connectivity index (χ4v) is 3.70. The number of fused-ring (bicyclic) bond motifs is 1. The monoisotopic (exact) mass is 301 g/mol. The molecular formula is C15H11NO4S. The van der Waals surface area contributed by atoms with E-state index in [1.54, 1.807) is 31.2 Å². The van der Waals surface area contributed by atoms with Crippen LogP contribution in [0.3, 0.4) is 0 Å². The van der Waals surface area contributed by atoms with Gasteiger partial charge in [0.05, 0.1) is 16.0 Å². The van der Waals surface area contributed by atoms with E-state index in [-0.39, 0.29) is 16.0 Å². The molecule has 0 unspecified atom stereocenters. The molecule has 0 bridgehead atoms. The van der Waals surface area contributed by atoms with Gasteiger partial charge in [-0.25, -0.2) is 8.42 Å². The van der Waals surface area contributed by atoms with Crippen molar-refractivity contribution in [3.8, 4) is 0 Å². The summed E-state index contributed by atoms with van der Waals surface area (Å²) < 4.78 is 25.5. The summed E-state index contributed by atoms with van der Waals surface area (Å²) in [6.45, 7) is 1.74. The molecule has 0 aliphatic carbocycles. The standard InChI is InChI=1S/C15H11NO4S/c1-10-5-4-6-11(9-10)21(19,20)16-14(17)12-7-2-3-8-13(12)15(16)18/h2-9H,1H3. The number of nitrogens with zero attached hydrogens (tertiary/aromatic N) is 1. The van der Waals surface area contributed by atoms with Gasteiger partial charge in [0.2, 0.25) is 0 Å². The summed E-state index contributed by atoms with van der Waals surface area (Å²) in [5.74, 6) is -1.62. The maximum atomic E-state index is 12.6. The van der Waals surface area contributed by atoms with Crippen molar-refractivity contribution < 1.29 is 18.0 Å². The number of hydrogen-bond acceptors (Lipinski definition) is 4. The van der Waals surface area contributed by atoms with Gasteiger partial charge in [-0.05, 0) is 36.8 Å². The molecule has 0 atom stereocenters. The van der Waals surface area contributed by atoms with Crippen LogP contribution in [0.1, 0.15) is 26.3 Å². The molecule has 0 radical (unpaired) electrons. The number of imide groups is 1. The van der Waals surface area contributed by atoms with E-state index in [0.717, 1.165) is 5.56 Å². The quantitative estimate of drug-likeness (QED) is 0.795. The minimum atomic E-state index is -4.19. The number of rotatable bonds is 2. The first-order chi connectivity index (χ1) is 9.93. The molecule has 3 rings (SSSR count). The lowest BCUT2D eigenvalue weighted by molar-refractivity contribution is 0.0765. The second-order valence-electron chi connectivity index (χ2n) is 4.74. The number of sulfonamides is 1. The number of carbonyl (C=O) groups is 2. The summed E-state index contributed by atoms with van der Waals surface area (Å²) in [5.41, 5.74) is 0.949. The van der Waals surface area contributed by atoms with Crippen molar-refractivity contribution in [2.75, 3.05) is 0 Å². The molecule has 1 heterocycles. The highest BCUT2D eigenvalue weighted by Gasteiger charge is 2.43. The Morgan fingerprint density at radius 1 is 0.857 bits per heavy atom. The van der Waals surface area contributed by atoms with Crippen LogP contribution in [0.4, 0.5) is 0 Å². The molecular weight excluding hydrogens is 290 g/mol. The number of hydrogen-bond donors (Lipinski definition) is 0. The third kappa shape index (κ3) is 1.95. The van der Waals surface area contributed by atoms with Gasteiger partial charge in [0.1, 0.15) is 0 Å². The van der Waals surface area contributed by atoms with Gasteiger partial charge in [-0.2, -0.15) is 4.31 Å². The first kappa shape index (κ1) is 13.5. The summed E-state index contributed by atoms with van der Waals surface area (Å²) in [6.07, 6.45) is 0. The molecule has 106 valence electrons. The Bertz CT molecular complexity index is 836. The fraction of sp³-hybridized carbons (Fsp3) is 0.0667. The number of benzene rings is 2. The Balaban J connectivity index is 2.14. The third-order valence-electron chi connectivity index (χ3n) is 3.28. The lowest BCUT2D eigenvalue weighted by atomic mass is 10.1. The second-order valence-corrected chi connectivity index (χ2v) is 6.53. The van der Waals surface area contributed by atoms with Crippen molar-refractivity contribution in [2.45, 2.75) is 11.8 Å². The normalized spacial score (nSPS) is 14.4. The molecule has 2 aromatic carbocycles. The largest absolute Gasteiger partial charge is 0.275 e. The molecule has 0 spiro atoms.